The second-order valence-corrected chi connectivity index (χ2v) is 7.05. The number of benzene rings is 3. The lowest BCUT2D eigenvalue weighted by atomic mass is 10.1. The first-order chi connectivity index (χ1) is 14.6. The van der Waals surface area contributed by atoms with Gasteiger partial charge in [-0.2, -0.15) is 0 Å². The van der Waals surface area contributed by atoms with Crippen LogP contribution in [0, 0.1) is 0 Å². The highest BCUT2D eigenvalue weighted by Crippen LogP contribution is 2.29. The number of aromatic nitrogens is 1. The van der Waals surface area contributed by atoms with E-state index in [0.717, 1.165) is 16.9 Å². The average molecular weight is 419 g/mol. The molecule has 1 N–H and O–H groups in total. The third kappa shape index (κ3) is 4.36. The summed E-state index contributed by atoms with van der Waals surface area (Å²) in [5.74, 6) is 1.56. The van der Waals surface area contributed by atoms with Crippen molar-refractivity contribution in [2.75, 3.05) is 7.11 Å². The van der Waals surface area contributed by atoms with Crippen LogP contribution in [0.5, 0.6) is 5.75 Å². The first-order valence-electron chi connectivity index (χ1n) is 9.36. The Bertz CT molecular complexity index is 1150. The summed E-state index contributed by atoms with van der Waals surface area (Å²) in [4.78, 5) is 17.2. The van der Waals surface area contributed by atoms with Crippen molar-refractivity contribution in [3.05, 3.63) is 95.1 Å². The van der Waals surface area contributed by atoms with E-state index in [4.69, 9.17) is 20.8 Å². The summed E-state index contributed by atoms with van der Waals surface area (Å²) >= 11 is 5.95. The number of methoxy groups -OCH3 is 1. The van der Waals surface area contributed by atoms with E-state index in [1.807, 2.05) is 54.6 Å². The largest absolute Gasteiger partial charge is 0.497 e. The molecule has 4 aromatic rings. The minimum absolute atomic E-state index is 0.201. The van der Waals surface area contributed by atoms with Crippen LogP contribution in [0.3, 0.4) is 0 Å². The number of halogens is 1. The molecule has 0 spiro atoms. The van der Waals surface area contributed by atoms with Gasteiger partial charge in [0.15, 0.2) is 5.76 Å². The number of ether oxygens (including phenoxy) is 1. The fourth-order valence-electron chi connectivity index (χ4n) is 3.03. The SMILES string of the molecule is COc1ccc(CNC(=O)c2ccccc2-c2ncc(-c3ccc(Cl)cc3)o2)cc1. The molecule has 1 amide bonds. The average Bonchev–Trinajstić information content (AvgIpc) is 3.28. The molecule has 0 radical (unpaired) electrons. The summed E-state index contributed by atoms with van der Waals surface area (Å²) < 4.78 is 11.1. The van der Waals surface area contributed by atoms with Crippen molar-refractivity contribution < 1.29 is 13.9 Å². The Morgan fingerprint density at radius 1 is 1.03 bits per heavy atom. The van der Waals surface area contributed by atoms with Gasteiger partial charge < -0.3 is 14.5 Å². The molecule has 150 valence electrons. The van der Waals surface area contributed by atoms with Crippen LogP contribution in [0.15, 0.2) is 83.4 Å². The van der Waals surface area contributed by atoms with Crippen molar-refractivity contribution >= 4 is 17.5 Å². The molecule has 1 heterocycles. The lowest BCUT2D eigenvalue weighted by Gasteiger charge is -2.09. The predicted molar refractivity (Wildman–Crippen MR) is 117 cm³/mol. The van der Waals surface area contributed by atoms with Gasteiger partial charge in [0, 0.05) is 22.7 Å². The number of carbonyl (C=O) groups excluding carboxylic acids is 1. The van der Waals surface area contributed by atoms with Crippen LogP contribution in [-0.2, 0) is 6.54 Å². The van der Waals surface area contributed by atoms with Crippen molar-refractivity contribution in [2.45, 2.75) is 6.54 Å². The lowest BCUT2D eigenvalue weighted by Crippen LogP contribution is -2.23. The van der Waals surface area contributed by atoms with Gasteiger partial charge in [-0.1, -0.05) is 35.9 Å². The zero-order chi connectivity index (χ0) is 20.9. The topological polar surface area (TPSA) is 64.4 Å². The zero-order valence-electron chi connectivity index (χ0n) is 16.3. The molecule has 0 saturated heterocycles. The van der Waals surface area contributed by atoms with Gasteiger partial charge in [0.05, 0.1) is 18.9 Å². The van der Waals surface area contributed by atoms with Gasteiger partial charge in [-0.15, -0.1) is 0 Å². The molecule has 0 fully saturated rings. The van der Waals surface area contributed by atoms with Gasteiger partial charge in [-0.05, 0) is 54.1 Å². The minimum atomic E-state index is -0.201. The maximum atomic E-state index is 12.8. The summed E-state index contributed by atoms with van der Waals surface area (Å²) in [6, 6.07) is 22.1. The van der Waals surface area contributed by atoms with E-state index in [-0.39, 0.29) is 5.91 Å². The van der Waals surface area contributed by atoms with Crippen molar-refractivity contribution in [3.63, 3.8) is 0 Å². The van der Waals surface area contributed by atoms with Crippen LogP contribution >= 0.6 is 11.6 Å². The summed E-state index contributed by atoms with van der Waals surface area (Å²) in [5.41, 5.74) is 2.96. The number of oxazole rings is 1. The fraction of sp³-hybridized carbons (Fsp3) is 0.0833. The quantitative estimate of drug-likeness (QED) is 0.442. The van der Waals surface area contributed by atoms with Crippen LogP contribution in [0.4, 0.5) is 0 Å². The van der Waals surface area contributed by atoms with Gasteiger partial charge in [0.2, 0.25) is 5.89 Å². The highest BCUT2D eigenvalue weighted by Gasteiger charge is 2.17. The first-order valence-corrected chi connectivity index (χ1v) is 9.74. The Balaban J connectivity index is 1.53. The second kappa shape index (κ2) is 8.84. The first kappa shape index (κ1) is 19.7. The second-order valence-electron chi connectivity index (χ2n) is 6.61. The molecule has 0 atom stereocenters. The number of rotatable bonds is 6. The van der Waals surface area contributed by atoms with E-state index < -0.39 is 0 Å². The Morgan fingerprint density at radius 2 is 1.77 bits per heavy atom. The molecule has 5 nitrogen and oxygen atoms in total. The normalized spacial score (nSPS) is 10.6. The van der Waals surface area contributed by atoms with Crippen molar-refractivity contribution in [2.24, 2.45) is 0 Å². The van der Waals surface area contributed by atoms with Gasteiger partial charge in [0.1, 0.15) is 5.75 Å². The summed E-state index contributed by atoms with van der Waals surface area (Å²) in [7, 11) is 1.62. The lowest BCUT2D eigenvalue weighted by molar-refractivity contribution is 0.0951. The molecule has 30 heavy (non-hydrogen) atoms. The summed E-state index contributed by atoms with van der Waals surface area (Å²) in [6.45, 7) is 0.402. The molecule has 0 unspecified atom stereocenters. The van der Waals surface area contributed by atoms with E-state index in [1.165, 1.54) is 0 Å². The molecule has 0 aliphatic rings. The molecule has 6 heteroatoms. The van der Waals surface area contributed by atoms with E-state index in [1.54, 1.807) is 31.5 Å². The van der Waals surface area contributed by atoms with Gasteiger partial charge in [0.25, 0.3) is 5.91 Å². The summed E-state index contributed by atoms with van der Waals surface area (Å²) in [5, 5.41) is 3.59. The van der Waals surface area contributed by atoms with E-state index in [0.29, 0.717) is 34.3 Å². The number of hydrogen-bond acceptors (Lipinski definition) is 4. The van der Waals surface area contributed by atoms with Crippen LogP contribution in [0.1, 0.15) is 15.9 Å². The molecule has 0 bridgehead atoms. The Labute approximate surface area is 179 Å². The number of amides is 1. The Kier molecular flexibility index (Phi) is 5.82. The molecule has 0 aliphatic carbocycles. The molecular formula is C24H19ClN2O3. The van der Waals surface area contributed by atoms with Crippen molar-refractivity contribution in [1.29, 1.82) is 0 Å². The maximum absolute atomic E-state index is 12.8. The minimum Gasteiger partial charge on any atom is -0.497 e. The monoisotopic (exact) mass is 418 g/mol. The number of nitrogens with one attached hydrogen (secondary N) is 1. The molecule has 3 aromatic carbocycles. The van der Waals surface area contributed by atoms with Crippen LogP contribution in [0.25, 0.3) is 22.8 Å². The molecule has 1 aromatic heterocycles. The van der Waals surface area contributed by atoms with Crippen molar-refractivity contribution in [3.8, 4) is 28.5 Å². The maximum Gasteiger partial charge on any atom is 0.252 e. The Hall–Kier alpha value is -3.57. The van der Waals surface area contributed by atoms with Crippen LogP contribution < -0.4 is 10.1 Å². The van der Waals surface area contributed by atoms with E-state index >= 15 is 0 Å². The van der Waals surface area contributed by atoms with Crippen LogP contribution in [0.2, 0.25) is 5.02 Å². The number of carbonyl (C=O) groups is 1. The number of hydrogen-bond donors (Lipinski definition) is 1. The smallest absolute Gasteiger partial charge is 0.252 e. The standard InChI is InChI=1S/C24H19ClN2O3/c1-29-19-12-6-16(7-13-19)14-26-23(28)20-4-2-3-5-21(20)24-27-15-22(30-24)17-8-10-18(25)11-9-17/h2-13,15H,14H2,1H3,(H,26,28). The van der Waals surface area contributed by atoms with Gasteiger partial charge in [-0.25, -0.2) is 4.98 Å². The van der Waals surface area contributed by atoms with Gasteiger partial charge in [-0.3, -0.25) is 4.79 Å². The summed E-state index contributed by atoms with van der Waals surface area (Å²) in [6.07, 6.45) is 1.64. The molecular weight excluding hydrogens is 400 g/mol. The van der Waals surface area contributed by atoms with E-state index in [9.17, 15) is 4.79 Å². The Morgan fingerprint density at radius 3 is 2.50 bits per heavy atom. The predicted octanol–water partition coefficient (Wildman–Crippen LogP) is 5.60. The van der Waals surface area contributed by atoms with Crippen molar-refractivity contribution in [1.82, 2.24) is 10.3 Å². The van der Waals surface area contributed by atoms with E-state index in [2.05, 4.69) is 10.3 Å². The third-order valence-electron chi connectivity index (χ3n) is 4.65. The highest BCUT2D eigenvalue weighted by atomic mass is 35.5. The molecule has 0 saturated carbocycles. The molecule has 0 aliphatic heterocycles. The zero-order valence-corrected chi connectivity index (χ0v) is 17.0. The van der Waals surface area contributed by atoms with Gasteiger partial charge >= 0.3 is 0 Å². The highest BCUT2D eigenvalue weighted by molar-refractivity contribution is 6.30. The van der Waals surface area contributed by atoms with Crippen LogP contribution in [-0.4, -0.2) is 18.0 Å². The molecule has 4 rings (SSSR count). The fourth-order valence-corrected chi connectivity index (χ4v) is 3.16. The third-order valence-corrected chi connectivity index (χ3v) is 4.90. The number of nitrogens with zero attached hydrogens (tertiary/aromatic N) is 1.